The van der Waals surface area contributed by atoms with Crippen LogP contribution in [0.2, 0.25) is 0 Å². The predicted molar refractivity (Wildman–Crippen MR) is 90.0 cm³/mol. The van der Waals surface area contributed by atoms with Gasteiger partial charge in [-0.1, -0.05) is 24.3 Å². The van der Waals surface area contributed by atoms with Gasteiger partial charge in [-0.05, 0) is 42.6 Å². The van der Waals surface area contributed by atoms with E-state index in [1.807, 2.05) is 18.0 Å². The lowest BCUT2D eigenvalue weighted by atomic mass is 9.98. The molecule has 1 aliphatic carbocycles. The van der Waals surface area contributed by atoms with Gasteiger partial charge in [0.05, 0.1) is 6.54 Å². The van der Waals surface area contributed by atoms with Crippen LogP contribution >= 0.6 is 0 Å². The molecule has 1 fully saturated rings. The topological polar surface area (TPSA) is 57.3 Å². The number of aromatic nitrogens is 1. The van der Waals surface area contributed by atoms with E-state index in [0.717, 1.165) is 36.1 Å². The summed E-state index contributed by atoms with van der Waals surface area (Å²) >= 11 is 0. The van der Waals surface area contributed by atoms with E-state index >= 15 is 0 Å². The van der Waals surface area contributed by atoms with Crippen LogP contribution in [0.4, 0.5) is 10.6 Å². The van der Waals surface area contributed by atoms with Gasteiger partial charge in [-0.25, -0.2) is 9.78 Å². The Kier molecular flexibility index (Phi) is 3.50. The third kappa shape index (κ3) is 2.68. The second kappa shape index (κ2) is 5.66. The van der Waals surface area contributed by atoms with Crippen molar-refractivity contribution >= 4 is 11.8 Å². The maximum atomic E-state index is 12.2. The predicted octanol–water partition coefficient (Wildman–Crippen LogP) is 2.98. The van der Waals surface area contributed by atoms with Crippen LogP contribution in [0.15, 0.2) is 36.5 Å². The number of fused-ring (bicyclic) bond motifs is 1. The second-order valence-electron chi connectivity index (χ2n) is 6.20. The Labute approximate surface area is 135 Å². The number of pyridine rings is 1. The second-order valence-corrected chi connectivity index (χ2v) is 6.20. The van der Waals surface area contributed by atoms with Gasteiger partial charge in [-0.3, -0.25) is 5.32 Å². The highest BCUT2D eigenvalue weighted by atomic mass is 16.2. The van der Waals surface area contributed by atoms with Crippen molar-refractivity contribution in [3.8, 4) is 11.1 Å². The number of nitrogens with zero attached hydrogens (tertiary/aromatic N) is 2. The largest absolute Gasteiger partial charge is 0.323 e. The number of rotatable bonds is 4. The van der Waals surface area contributed by atoms with Gasteiger partial charge < -0.3 is 10.2 Å². The van der Waals surface area contributed by atoms with Crippen LogP contribution in [0.3, 0.4) is 0 Å². The van der Waals surface area contributed by atoms with Crippen LogP contribution in [0, 0.1) is 0 Å². The molecule has 2 N–H and O–H groups in total. The van der Waals surface area contributed by atoms with Crippen molar-refractivity contribution in [2.45, 2.75) is 32.0 Å². The summed E-state index contributed by atoms with van der Waals surface area (Å²) in [5, 5.41) is 6.10. The van der Waals surface area contributed by atoms with Crippen molar-refractivity contribution in [3.05, 3.63) is 47.7 Å². The smallest absolute Gasteiger partial charge is 0.317 e. The molecule has 5 nitrogen and oxygen atoms in total. The van der Waals surface area contributed by atoms with Gasteiger partial charge in [0.25, 0.3) is 0 Å². The molecule has 2 heterocycles. The molecule has 2 aliphatic rings. The van der Waals surface area contributed by atoms with E-state index in [9.17, 15) is 4.79 Å². The Morgan fingerprint density at radius 3 is 2.74 bits per heavy atom. The molecule has 0 bridgehead atoms. The summed E-state index contributed by atoms with van der Waals surface area (Å²) in [6.07, 6.45) is 3.98. The van der Waals surface area contributed by atoms with Crippen molar-refractivity contribution in [2.24, 2.45) is 0 Å². The summed E-state index contributed by atoms with van der Waals surface area (Å²) in [6.45, 7) is 1.51. The van der Waals surface area contributed by atoms with E-state index in [0.29, 0.717) is 18.4 Å². The number of hydrogen-bond acceptors (Lipinski definition) is 3. The first kappa shape index (κ1) is 14.2. The van der Waals surface area contributed by atoms with E-state index in [1.54, 1.807) is 6.20 Å². The summed E-state index contributed by atoms with van der Waals surface area (Å²) in [7, 11) is 1.95. The lowest BCUT2D eigenvalue weighted by molar-refractivity contribution is 0.203. The molecule has 0 saturated heterocycles. The number of hydrogen-bond donors (Lipinski definition) is 2. The van der Waals surface area contributed by atoms with Gasteiger partial charge in [-0.15, -0.1) is 0 Å². The van der Waals surface area contributed by atoms with Crippen molar-refractivity contribution < 1.29 is 4.79 Å². The quantitative estimate of drug-likeness (QED) is 0.913. The summed E-state index contributed by atoms with van der Waals surface area (Å²) in [6, 6.07) is 11.0. The zero-order valence-electron chi connectivity index (χ0n) is 13.2. The first-order valence-corrected chi connectivity index (χ1v) is 8.05. The third-order valence-corrected chi connectivity index (χ3v) is 4.50. The summed E-state index contributed by atoms with van der Waals surface area (Å²) in [4.78, 5) is 18.5. The van der Waals surface area contributed by atoms with E-state index in [4.69, 9.17) is 0 Å². The average molecular weight is 308 g/mol. The molecule has 1 aliphatic heterocycles. The monoisotopic (exact) mass is 308 g/mol. The zero-order valence-corrected chi connectivity index (χ0v) is 13.2. The minimum atomic E-state index is -0.0194. The number of carbonyl (C=O) groups excluding carboxylic acids is 1. The first-order valence-electron chi connectivity index (χ1n) is 8.05. The van der Waals surface area contributed by atoms with Gasteiger partial charge in [-0.2, -0.15) is 0 Å². The van der Waals surface area contributed by atoms with Crippen molar-refractivity contribution in [1.29, 1.82) is 0 Å². The van der Waals surface area contributed by atoms with Crippen LogP contribution in [-0.4, -0.2) is 29.0 Å². The van der Waals surface area contributed by atoms with E-state index in [-0.39, 0.29) is 6.03 Å². The van der Waals surface area contributed by atoms with Crippen LogP contribution in [0.1, 0.15) is 24.0 Å². The third-order valence-electron chi connectivity index (χ3n) is 4.50. The maximum Gasteiger partial charge on any atom is 0.323 e. The number of amides is 2. The van der Waals surface area contributed by atoms with Gasteiger partial charge in [0.1, 0.15) is 5.82 Å². The lowest BCUT2D eigenvalue weighted by Crippen LogP contribution is -2.40. The Morgan fingerprint density at radius 1 is 1.26 bits per heavy atom. The maximum absolute atomic E-state index is 12.2. The molecule has 5 heteroatoms. The first-order chi connectivity index (χ1) is 11.3. The number of urea groups is 1. The fraction of sp³-hybridized carbons (Fsp3) is 0.333. The molecule has 1 aromatic heterocycles. The van der Waals surface area contributed by atoms with E-state index in [2.05, 4.69) is 39.9 Å². The molecule has 2 amide bonds. The highest BCUT2D eigenvalue weighted by molar-refractivity contribution is 5.93. The standard InChI is InChI=1S/C18H20N4O/c1-19-10-12-2-4-13(5-3-12)15-8-9-20-17-16(15)11-22(14-6-7-14)18(23)21-17/h2-5,8-9,14,19H,6-7,10-11H2,1H3,(H,20,21,23). The molecule has 1 aromatic carbocycles. The molecule has 1 saturated carbocycles. The summed E-state index contributed by atoms with van der Waals surface area (Å²) in [5.74, 6) is 0.698. The lowest BCUT2D eigenvalue weighted by Gasteiger charge is -2.30. The number of anilines is 1. The van der Waals surface area contributed by atoms with E-state index in [1.165, 1.54) is 5.56 Å². The van der Waals surface area contributed by atoms with Gasteiger partial charge >= 0.3 is 6.03 Å². The minimum absolute atomic E-state index is 0.0194. The Morgan fingerprint density at radius 2 is 2.04 bits per heavy atom. The van der Waals surface area contributed by atoms with Crippen molar-refractivity contribution in [2.75, 3.05) is 12.4 Å². The molecule has 4 rings (SSSR count). The molecule has 0 atom stereocenters. The number of carbonyl (C=O) groups is 1. The van der Waals surface area contributed by atoms with Crippen molar-refractivity contribution in [1.82, 2.24) is 15.2 Å². The average Bonchev–Trinajstić information content (AvgIpc) is 3.39. The van der Waals surface area contributed by atoms with E-state index < -0.39 is 0 Å². The summed E-state index contributed by atoms with van der Waals surface area (Å²) in [5.41, 5.74) is 4.68. The minimum Gasteiger partial charge on any atom is -0.317 e. The molecular formula is C18H20N4O. The molecule has 0 spiro atoms. The Balaban J connectivity index is 1.70. The van der Waals surface area contributed by atoms with Gasteiger partial charge in [0.15, 0.2) is 0 Å². The normalized spacial score (nSPS) is 16.9. The van der Waals surface area contributed by atoms with Crippen LogP contribution < -0.4 is 10.6 Å². The molecule has 23 heavy (non-hydrogen) atoms. The van der Waals surface area contributed by atoms with Crippen LogP contribution in [-0.2, 0) is 13.1 Å². The Bertz CT molecular complexity index is 737. The van der Waals surface area contributed by atoms with Crippen LogP contribution in [0.5, 0.6) is 0 Å². The van der Waals surface area contributed by atoms with Gasteiger partial charge in [0, 0.05) is 24.3 Å². The highest BCUT2D eigenvalue weighted by Gasteiger charge is 2.36. The highest BCUT2D eigenvalue weighted by Crippen LogP contribution is 2.36. The zero-order chi connectivity index (χ0) is 15.8. The molecule has 0 radical (unpaired) electrons. The SMILES string of the molecule is CNCc1ccc(-c2ccnc3c2CN(C2CC2)C(=O)N3)cc1. The molecular weight excluding hydrogens is 288 g/mol. The van der Waals surface area contributed by atoms with Crippen LogP contribution in [0.25, 0.3) is 11.1 Å². The van der Waals surface area contributed by atoms with Gasteiger partial charge in [0.2, 0.25) is 0 Å². The summed E-state index contributed by atoms with van der Waals surface area (Å²) < 4.78 is 0. The molecule has 2 aromatic rings. The Hall–Kier alpha value is -2.40. The molecule has 118 valence electrons. The number of nitrogens with one attached hydrogen (secondary N) is 2. The fourth-order valence-corrected chi connectivity index (χ4v) is 3.13. The van der Waals surface area contributed by atoms with Crippen molar-refractivity contribution in [3.63, 3.8) is 0 Å². The fourth-order valence-electron chi connectivity index (χ4n) is 3.13. The molecule has 0 unspecified atom stereocenters. The number of benzene rings is 1.